The summed E-state index contributed by atoms with van der Waals surface area (Å²) in [6.07, 6.45) is 0. The zero-order valence-electron chi connectivity index (χ0n) is 12.0. The van der Waals surface area contributed by atoms with Crippen LogP contribution in [0.3, 0.4) is 0 Å². The zero-order chi connectivity index (χ0) is 16.0. The Morgan fingerprint density at radius 2 is 1.48 bits per heavy atom. The molecule has 0 unspecified atom stereocenters. The minimum absolute atomic E-state index is 0.272. The van der Waals surface area contributed by atoms with E-state index in [1.54, 1.807) is 0 Å². The van der Waals surface area contributed by atoms with Crippen LogP contribution in [0.4, 0.5) is 5.69 Å². The molecular formula is C13H15NO7. The van der Waals surface area contributed by atoms with Crippen LogP contribution in [0.25, 0.3) is 0 Å². The third kappa shape index (κ3) is 3.85. The molecule has 1 aromatic carbocycles. The van der Waals surface area contributed by atoms with Crippen LogP contribution in [-0.4, -0.2) is 38.9 Å². The molecule has 0 aliphatic heterocycles. The summed E-state index contributed by atoms with van der Waals surface area (Å²) in [5.41, 5.74) is 2.52. The molecule has 1 aromatic rings. The maximum atomic E-state index is 11.2. The lowest BCUT2D eigenvalue weighted by Gasteiger charge is -2.14. The number of carbonyl (C=O) groups is 3. The molecular weight excluding hydrogens is 282 g/mol. The second-order valence-electron chi connectivity index (χ2n) is 3.79. The number of hydrogen-bond donors (Lipinski definition) is 1. The quantitative estimate of drug-likeness (QED) is 0.447. The second-order valence-corrected chi connectivity index (χ2v) is 3.79. The minimum atomic E-state index is -1.31. The Labute approximate surface area is 120 Å². The van der Waals surface area contributed by atoms with Crippen molar-refractivity contribution >= 4 is 23.2 Å². The lowest BCUT2D eigenvalue weighted by Crippen LogP contribution is -2.25. The number of hydrogen-bond acceptors (Lipinski definition) is 8. The summed E-state index contributed by atoms with van der Waals surface area (Å²) in [4.78, 5) is 37.6. The molecule has 1 rings (SSSR count). The summed E-state index contributed by atoms with van der Waals surface area (Å²) in [6, 6.07) is 2.93. The number of nitrogens with one attached hydrogen (secondary N) is 1. The highest BCUT2D eigenvalue weighted by Gasteiger charge is 2.21. The van der Waals surface area contributed by atoms with Crippen LogP contribution < -0.4 is 19.7 Å². The average Bonchev–Trinajstić information content (AvgIpc) is 2.50. The van der Waals surface area contributed by atoms with Crippen LogP contribution in [0.5, 0.6) is 17.2 Å². The average molecular weight is 297 g/mol. The fourth-order valence-electron chi connectivity index (χ4n) is 1.44. The number of ketones is 2. The molecule has 0 amide bonds. The number of methoxy groups -OCH3 is 3. The molecule has 8 heteroatoms. The van der Waals surface area contributed by atoms with Crippen molar-refractivity contribution in [1.29, 1.82) is 0 Å². The van der Waals surface area contributed by atoms with Gasteiger partial charge in [-0.1, -0.05) is 0 Å². The van der Waals surface area contributed by atoms with Crippen LogP contribution in [-0.2, 0) is 19.2 Å². The van der Waals surface area contributed by atoms with Gasteiger partial charge in [-0.25, -0.2) is 10.3 Å². The highest BCUT2D eigenvalue weighted by Crippen LogP contribution is 2.39. The number of rotatable bonds is 7. The van der Waals surface area contributed by atoms with E-state index >= 15 is 0 Å². The molecule has 0 saturated heterocycles. The molecule has 21 heavy (non-hydrogen) atoms. The monoisotopic (exact) mass is 297 g/mol. The van der Waals surface area contributed by atoms with Gasteiger partial charge in [0.1, 0.15) is 0 Å². The molecule has 0 heterocycles. The first-order valence-electron chi connectivity index (χ1n) is 5.76. The first-order chi connectivity index (χ1) is 9.94. The van der Waals surface area contributed by atoms with Crippen molar-refractivity contribution in [2.45, 2.75) is 6.92 Å². The van der Waals surface area contributed by atoms with Gasteiger partial charge in [0, 0.05) is 19.1 Å². The summed E-state index contributed by atoms with van der Waals surface area (Å²) in [7, 11) is 4.29. The van der Waals surface area contributed by atoms with Crippen molar-refractivity contribution < 1.29 is 33.4 Å². The lowest BCUT2D eigenvalue weighted by atomic mass is 10.2. The van der Waals surface area contributed by atoms with Crippen molar-refractivity contribution in [2.75, 3.05) is 26.8 Å². The molecule has 8 nitrogen and oxygen atoms in total. The fraction of sp³-hybridized carbons (Fsp3) is 0.308. The Hall–Kier alpha value is -2.77. The number of anilines is 1. The molecule has 0 aliphatic carbocycles. The number of ether oxygens (including phenoxy) is 3. The Morgan fingerprint density at radius 1 is 0.952 bits per heavy atom. The second kappa shape index (κ2) is 7.13. The van der Waals surface area contributed by atoms with E-state index in [4.69, 9.17) is 14.2 Å². The molecule has 0 saturated carbocycles. The van der Waals surface area contributed by atoms with Crippen LogP contribution in [0.2, 0.25) is 0 Å². The van der Waals surface area contributed by atoms with Gasteiger partial charge >= 0.3 is 11.8 Å². The summed E-state index contributed by atoms with van der Waals surface area (Å²) >= 11 is 0. The standard InChI is InChI=1S/C13H15NO7/c1-7(15)11(16)13(17)21-14-8-5-9(18-2)12(20-4)10(6-8)19-3/h5-6,14H,1-4H3. The van der Waals surface area contributed by atoms with Gasteiger partial charge in [-0.2, -0.15) is 0 Å². The van der Waals surface area contributed by atoms with Crippen molar-refractivity contribution in [3.05, 3.63) is 12.1 Å². The summed E-state index contributed by atoms with van der Waals surface area (Å²) in [5.74, 6) is -2.46. The molecule has 0 spiro atoms. The number of benzene rings is 1. The van der Waals surface area contributed by atoms with Gasteiger partial charge in [0.2, 0.25) is 11.5 Å². The van der Waals surface area contributed by atoms with E-state index in [2.05, 4.69) is 10.3 Å². The van der Waals surface area contributed by atoms with E-state index in [1.165, 1.54) is 33.5 Å². The van der Waals surface area contributed by atoms with Crippen molar-refractivity contribution in [3.8, 4) is 17.2 Å². The van der Waals surface area contributed by atoms with Crippen molar-refractivity contribution in [1.82, 2.24) is 0 Å². The lowest BCUT2D eigenvalue weighted by molar-refractivity contribution is -0.154. The molecule has 0 aromatic heterocycles. The Kier molecular flexibility index (Phi) is 5.53. The van der Waals surface area contributed by atoms with Crippen LogP contribution >= 0.6 is 0 Å². The first-order valence-corrected chi connectivity index (χ1v) is 5.76. The highest BCUT2D eigenvalue weighted by atomic mass is 16.7. The number of carbonyl (C=O) groups excluding carboxylic acids is 3. The Bertz CT molecular complexity index is 543. The normalized spacial score (nSPS) is 9.52. The van der Waals surface area contributed by atoms with Gasteiger partial charge in [0.05, 0.1) is 27.0 Å². The maximum absolute atomic E-state index is 11.2. The van der Waals surface area contributed by atoms with Crippen LogP contribution in [0.1, 0.15) is 6.92 Å². The summed E-state index contributed by atoms with van der Waals surface area (Å²) in [5, 5.41) is 0. The van der Waals surface area contributed by atoms with E-state index in [0.29, 0.717) is 17.2 Å². The Morgan fingerprint density at radius 3 is 1.86 bits per heavy atom. The topological polar surface area (TPSA) is 100 Å². The third-order valence-corrected chi connectivity index (χ3v) is 2.43. The minimum Gasteiger partial charge on any atom is -0.493 e. The van der Waals surface area contributed by atoms with E-state index < -0.39 is 17.5 Å². The molecule has 0 atom stereocenters. The largest absolute Gasteiger partial charge is 0.493 e. The molecule has 114 valence electrons. The Balaban J connectivity index is 2.92. The van der Waals surface area contributed by atoms with Crippen LogP contribution in [0.15, 0.2) is 12.1 Å². The predicted molar refractivity (Wildman–Crippen MR) is 71.5 cm³/mol. The summed E-state index contributed by atoms with van der Waals surface area (Å²) in [6.45, 7) is 0.975. The molecule has 0 fully saturated rings. The highest BCUT2D eigenvalue weighted by molar-refractivity contribution is 6.61. The SMILES string of the molecule is COc1cc(NOC(=O)C(=O)C(C)=O)cc(OC)c1OC. The smallest absolute Gasteiger partial charge is 0.406 e. The van der Waals surface area contributed by atoms with Gasteiger partial charge in [0.15, 0.2) is 11.5 Å². The fourth-order valence-corrected chi connectivity index (χ4v) is 1.44. The van der Waals surface area contributed by atoms with E-state index in [1.807, 2.05) is 0 Å². The van der Waals surface area contributed by atoms with E-state index in [0.717, 1.165) is 6.92 Å². The van der Waals surface area contributed by atoms with Crippen LogP contribution in [0, 0.1) is 0 Å². The van der Waals surface area contributed by atoms with Gasteiger partial charge in [-0.3, -0.25) is 9.59 Å². The van der Waals surface area contributed by atoms with E-state index in [9.17, 15) is 14.4 Å². The molecule has 1 N–H and O–H groups in total. The third-order valence-electron chi connectivity index (χ3n) is 2.43. The van der Waals surface area contributed by atoms with Gasteiger partial charge in [-0.15, -0.1) is 0 Å². The molecule has 0 aliphatic rings. The van der Waals surface area contributed by atoms with Crippen molar-refractivity contribution in [2.24, 2.45) is 0 Å². The predicted octanol–water partition coefficient (Wildman–Crippen LogP) is 0.741. The number of Topliss-reactive ketones (excluding diaryl/α,β-unsaturated/α-hetero) is 2. The van der Waals surface area contributed by atoms with E-state index in [-0.39, 0.29) is 5.69 Å². The van der Waals surface area contributed by atoms with Gasteiger partial charge in [0.25, 0.3) is 0 Å². The summed E-state index contributed by atoms with van der Waals surface area (Å²) < 4.78 is 15.3. The first kappa shape index (κ1) is 16.3. The van der Waals surface area contributed by atoms with Crippen molar-refractivity contribution in [3.63, 3.8) is 0 Å². The maximum Gasteiger partial charge on any atom is 0.406 e. The molecule has 0 bridgehead atoms. The van der Waals surface area contributed by atoms with Gasteiger partial charge < -0.3 is 19.0 Å². The molecule has 0 radical (unpaired) electrons. The zero-order valence-corrected chi connectivity index (χ0v) is 12.0. The van der Waals surface area contributed by atoms with Gasteiger partial charge in [-0.05, 0) is 0 Å².